The number of nitrogens with zero attached hydrogens (tertiary/aromatic N) is 4. The average Bonchev–Trinajstić information content (AvgIpc) is 2.92. The molecule has 1 aliphatic carbocycles. The van der Waals surface area contributed by atoms with E-state index < -0.39 is 26.7 Å². The van der Waals surface area contributed by atoms with Crippen molar-refractivity contribution >= 4 is 32.8 Å². The molecule has 2 heterocycles. The molecule has 1 N–H and O–H groups in total. The zero-order valence-corrected chi connectivity index (χ0v) is 25.8. The van der Waals surface area contributed by atoms with Gasteiger partial charge in [0, 0.05) is 31.3 Å². The normalized spacial score (nSPS) is 17.0. The minimum absolute atomic E-state index is 0.0636. The summed E-state index contributed by atoms with van der Waals surface area (Å²) in [6, 6.07) is 9.04. The number of likely N-dealkylation sites (tertiary alicyclic amines) is 1. The Morgan fingerprint density at radius 3 is 2.49 bits per heavy atom. The molecule has 0 atom stereocenters. The highest BCUT2D eigenvalue weighted by Crippen LogP contribution is 2.56. The highest BCUT2D eigenvalue weighted by molar-refractivity contribution is 7.93. The third-order valence-corrected chi connectivity index (χ3v) is 9.85. The molecule has 2 aromatic carbocycles. The number of aromatic nitrogens is 2. The van der Waals surface area contributed by atoms with E-state index in [1.54, 1.807) is 29.3 Å². The monoisotopic (exact) mass is 609 g/mol. The molecule has 2 fully saturated rings. The van der Waals surface area contributed by atoms with Crippen molar-refractivity contribution in [1.82, 2.24) is 14.9 Å². The number of carbonyl (C=O) groups is 1. The molecule has 0 radical (unpaired) electrons. The van der Waals surface area contributed by atoms with Crippen LogP contribution in [-0.4, -0.2) is 53.3 Å². The van der Waals surface area contributed by atoms with Crippen molar-refractivity contribution in [3.05, 3.63) is 53.6 Å². The minimum Gasteiger partial charge on any atom is -0.453 e. The quantitative estimate of drug-likeness (QED) is 0.336. The van der Waals surface area contributed by atoms with Crippen LogP contribution in [0.3, 0.4) is 0 Å². The molecule has 2 aliphatic rings. The maximum atomic E-state index is 14.8. The molecular formula is C31H36FN5O5S. The number of hydrogen-bond donors (Lipinski definition) is 1. The minimum atomic E-state index is -3.77. The SMILES string of the molecule is CC(C)S(=O)(=O)Nc1ccc(F)c(Oc2ccc3ncc(C4CC5(CCN(C(=O)OC(C)(C)C)CC5)C4)nc3c2)c1C#N. The zero-order chi connectivity index (χ0) is 31.2. The van der Waals surface area contributed by atoms with Crippen LogP contribution in [0.5, 0.6) is 11.5 Å². The Morgan fingerprint density at radius 2 is 1.86 bits per heavy atom. The summed E-state index contributed by atoms with van der Waals surface area (Å²) in [7, 11) is -3.77. The zero-order valence-electron chi connectivity index (χ0n) is 25.0. The van der Waals surface area contributed by atoms with Crippen molar-refractivity contribution in [3.63, 3.8) is 0 Å². The number of anilines is 1. The average molecular weight is 610 g/mol. The van der Waals surface area contributed by atoms with E-state index in [0.717, 1.165) is 37.4 Å². The highest BCUT2D eigenvalue weighted by atomic mass is 32.2. The van der Waals surface area contributed by atoms with Gasteiger partial charge in [0.2, 0.25) is 10.0 Å². The van der Waals surface area contributed by atoms with Gasteiger partial charge >= 0.3 is 6.09 Å². The van der Waals surface area contributed by atoms with Gasteiger partial charge in [0.15, 0.2) is 11.6 Å². The smallest absolute Gasteiger partial charge is 0.410 e. The van der Waals surface area contributed by atoms with E-state index in [1.807, 2.05) is 26.8 Å². The summed E-state index contributed by atoms with van der Waals surface area (Å²) < 4.78 is 53.3. The van der Waals surface area contributed by atoms with E-state index in [9.17, 15) is 22.9 Å². The Kier molecular flexibility index (Phi) is 7.98. The molecule has 0 bridgehead atoms. The Labute approximate surface area is 251 Å². The lowest BCUT2D eigenvalue weighted by Gasteiger charge is -2.52. The van der Waals surface area contributed by atoms with E-state index in [1.165, 1.54) is 19.9 Å². The number of carbonyl (C=O) groups excluding carboxylic acids is 1. The second-order valence-electron chi connectivity index (χ2n) is 12.7. The molecule has 1 saturated heterocycles. The van der Waals surface area contributed by atoms with E-state index >= 15 is 0 Å². The van der Waals surface area contributed by atoms with Gasteiger partial charge in [0.05, 0.1) is 27.7 Å². The second kappa shape index (κ2) is 11.3. The van der Waals surface area contributed by atoms with Gasteiger partial charge in [-0.15, -0.1) is 0 Å². The van der Waals surface area contributed by atoms with Gasteiger partial charge in [-0.2, -0.15) is 5.26 Å². The van der Waals surface area contributed by atoms with Crippen molar-refractivity contribution in [2.45, 2.75) is 77.1 Å². The first-order valence-corrected chi connectivity index (χ1v) is 15.9. The Balaban J connectivity index is 1.29. The standard InChI is InChI=1S/C31H36FN5O5S/c1-19(2)43(39,40)36-24-9-7-23(32)28(22(24)17-33)41-21-6-8-25-26(14-21)35-27(18-34-25)20-15-31(16-20)10-12-37(13-11-31)29(38)42-30(3,4)5/h6-9,14,18-20,36H,10-13,15-16H2,1-5H3. The maximum Gasteiger partial charge on any atom is 0.410 e. The van der Waals surface area contributed by atoms with Crippen molar-refractivity contribution in [2.24, 2.45) is 5.41 Å². The molecule has 1 saturated carbocycles. The second-order valence-corrected chi connectivity index (χ2v) is 15.0. The van der Waals surface area contributed by atoms with Crippen LogP contribution < -0.4 is 9.46 Å². The summed E-state index contributed by atoms with van der Waals surface area (Å²) in [6.07, 6.45) is 5.28. The van der Waals surface area contributed by atoms with E-state index in [-0.39, 0.29) is 40.2 Å². The molecule has 3 aromatic rings. The van der Waals surface area contributed by atoms with Crippen LogP contribution in [0.1, 0.15) is 77.5 Å². The third kappa shape index (κ3) is 6.51. The lowest BCUT2D eigenvalue weighted by atomic mass is 9.57. The van der Waals surface area contributed by atoms with Crippen molar-refractivity contribution in [3.8, 4) is 17.6 Å². The molecule has 0 unspecified atom stereocenters. The molecule has 12 heteroatoms. The van der Waals surface area contributed by atoms with Gasteiger partial charge in [0.1, 0.15) is 23.0 Å². The first-order chi connectivity index (χ1) is 20.2. The van der Waals surface area contributed by atoms with Gasteiger partial charge in [-0.1, -0.05) is 0 Å². The largest absolute Gasteiger partial charge is 0.453 e. The molecule has 1 aliphatic heterocycles. The van der Waals surface area contributed by atoms with Crippen LogP contribution in [0, 0.1) is 22.6 Å². The number of ether oxygens (including phenoxy) is 2. The lowest BCUT2D eigenvalue weighted by Crippen LogP contribution is -2.49. The van der Waals surface area contributed by atoms with Crippen LogP contribution in [0.25, 0.3) is 11.0 Å². The van der Waals surface area contributed by atoms with Crippen molar-refractivity contribution < 1.29 is 27.1 Å². The number of fused-ring (bicyclic) bond motifs is 1. The Bertz CT molecular complexity index is 1700. The number of benzene rings is 2. The number of rotatable bonds is 6. The van der Waals surface area contributed by atoms with Gasteiger partial charge in [-0.3, -0.25) is 9.71 Å². The number of nitriles is 1. The summed E-state index contributed by atoms with van der Waals surface area (Å²) >= 11 is 0. The number of piperidine rings is 1. The highest BCUT2D eigenvalue weighted by Gasteiger charge is 2.47. The number of halogens is 1. The summed E-state index contributed by atoms with van der Waals surface area (Å²) in [5, 5.41) is 9.00. The van der Waals surface area contributed by atoms with Gasteiger partial charge < -0.3 is 14.4 Å². The number of sulfonamides is 1. The van der Waals surface area contributed by atoms with E-state index in [4.69, 9.17) is 14.5 Å². The summed E-state index contributed by atoms with van der Waals surface area (Å²) in [5.74, 6) is -0.712. The molecular weight excluding hydrogens is 573 g/mol. The molecule has 1 spiro atoms. The molecule has 10 nitrogen and oxygen atoms in total. The van der Waals surface area contributed by atoms with Crippen LogP contribution in [0.15, 0.2) is 36.5 Å². The van der Waals surface area contributed by atoms with Crippen molar-refractivity contribution in [1.29, 1.82) is 5.26 Å². The summed E-state index contributed by atoms with van der Waals surface area (Å²) in [4.78, 5) is 23.6. The van der Waals surface area contributed by atoms with Crippen LogP contribution in [0.2, 0.25) is 0 Å². The van der Waals surface area contributed by atoms with Crippen LogP contribution in [-0.2, 0) is 14.8 Å². The van der Waals surface area contributed by atoms with Gasteiger partial charge in [-0.05, 0) is 90.0 Å². The van der Waals surface area contributed by atoms with Crippen molar-refractivity contribution in [2.75, 3.05) is 17.8 Å². The fraction of sp³-hybridized carbons (Fsp3) is 0.484. The summed E-state index contributed by atoms with van der Waals surface area (Å²) in [6.45, 7) is 9.95. The third-order valence-electron chi connectivity index (χ3n) is 8.10. The Hall–Kier alpha value is -3.98. The van der Waals surface area contributed by atoms with E-state index in [2.05, 4.69) is 9.71 Å². The topological polar surface area (TPSA) is 135 Å². The van der Waals surface area contributed by atoms with E-state index in [0.29, 0.717) is 24.1 Å². The first-order valence-electron chi connectivity index (χ1n) is 14.4. The Morgan fingerprint density at radius 1 is 1.16 bits per heavy atom. The van der Waals surface area contributed by atoms with Gasteiger partial charge in [0.25, 0.3) is 0 Å². The lowest BCUT2D eigenvalue weighted by molar-refractivity contribution is -0.0126. The first kappa shape index (κ1) is 30.5. The number of hydrogen-bond acceptors (Lipinski definition) is 8. The fourth-order valence-electron chi connectivity index (χ4n) is 5.60. The van der Waals surface area contributed by atoms with Crippen LogP contribution >= 0.6 is 0 Å². The molecule has 5 rings (SSSR count). The molecule has 1 amide bonds. The van der Waals surface area contributed by atoms with Gasteiger partial charge in [-0.25, -0.2) is 22.6 Å². The molecule has 43 heavy (non-hydrogen) atoms. The predicted molar refractivity (Wildman–Crippen MR) is 160 cm³/mol. The number of amides is 1. The summed E-state index contributed by atoms with van der Waals surface area (Å²) in [5.41, 5.74) is 1.39. The predicted octanol–water partition coefficient (Wildman–Crippen LogP) is 6.48. The number of nitrogens with one attached hydrogen (secondary N) is 1. The maximum absolute atomic E-state index is 14.8. The molecule has 1 aromatic heterocycles. The molecule has 228 valence electrons. The fourth-order valence-corrected chi connectivity index (χ4v) is 6.31. The van der Waals surface area contributed by atoms with Crippen LogP contribution in [0.4, 0.5) is 14.9 Å².